The molecule has 0 spiro atoms. The van der Waals surface area contributed by atoms with Gasteiger partial charge in [0, 0.05) is 12.5 Å². The number of aliphatic hydroxyl groups excluding tert-OH is 4. The number of amides is 5. The second kappa shape index (κ2) is 22.0. The summed E-state index contributed by atoms with van der Waals surface area (Å²) in [6.45, 7) is 12.5. The van der Waals surface area contributed by atoms with Crippen molar-refractivity contribution in [1.82, 2.24) is 21.3 Å². The molecule has 0 aromatic rings. The van der Waals surface area contributed by atoms with Crippen molar-refractivity contribution in [3.8, 4) is 0 Å². The minimum atomic E-state index is -2.31. The van der Waals surface area contributed by atoms with E-state index < -0.39 is 102 Å². The molecule has 0 bridgehead atoms. The molecule has 0 fully saturated rings. The van der Waals surface area contributed by atoms with Crippen LogP contribution in [0.25, 0.3) is 0 Å². The quantitative estimate of drug-likeness (QED) is 0.0278. The van der Waals surface area contributed by atoms with E-state index in [0.29, 0.717) is 6.42 Å². The van der Waals surface area contributed by atoms with Crippen molar-refractivity contribution in [3.63, 3.8) is 0 Å². The van der Waals surface area contributed by atoms with Gasteiger partial charge in [0.2, 0.25) is 23.6 Å². The van der Waals surface area contributed by atoms with Gasteiger partial charge in [-0.25, -0.2) is 4.79 Å². The molecule has 5 amide bonds. The molecule has 0 saturated carbocycles. The summed E-state index contributed by atoms with van der Waals surface area (Å²) in [4.78, 5) is 79.8. The average molecular weight is 733 g/mol. The molecule has 0 aliphatic carbocycles. The maximum absolute atomic E-state index is 13.3. The van der Waals surface area contributed by atoms with E-state index in [4.69, 9.17) is 17.2 Å². The van der Waals surface area contributed by atoms with E-state index in [9.17, 15) is 54.3 Å². The largest absolute Gasteiger partial charge is 0.480 e. The van der Waals surface area contributed by atoms with E-state index in [-0.39, 0.29) is 37.2 Å². The first-order valence-corrected chi connectivity index (χ1v) is 17.0. The van der Waals surface area contributed by atoms with Crippen LogP contribution in [0, 0.1) is 29.6 Å². The molecule has 15 N–H and O–H groups in total. The number of aliphatic hydroxyl groups is 4. The fourth-order valence-corrected chi connectivity index (χ4v) is 5.33. The molecule has 19 nitrogen and oxygen atoms in total. The van der Waals surface area contributed by atoms with Crippen LogP contribution in [-0.4, -0.2) is 122 Å². The molecule has 0 aromatic carbocycles. The fourth-order valence-electron chi connectivity index (χ4n) is 5.33. The second-order valence-corrected chi connectivity index (χ2v) is 13.7. The van der Waals surface area contributed by atoms with Crippen LogP contribution in [-0.2, 0) is 28.8 Å². The Labute approximate surface area is 298 Å². The zero-order chi connectivity index (χ0) is 39.9. The van der Waals surface area contributed by atoms with Gasteiger partial charge in [-0.1, -0.05) is 41.5 Å². The topological polar surface area (TPSA) is 342 Å². The number of primary amides is 1. The first kappa shape index (κ1) is 46.9. The maximum Gasteiger partial charge on any atom is 0.328 e. The number of carboxylic acids is 1. The van der Waals surface area contributed by atoms with E-state index >= 15 is 0 Å². The third-order valence-electron chi connectivity index (χ3n) is 8.79. The number of hydrogen-bond donors (Lipinski definition) is 12. The monoisotopic (exact) mass is 732 g/mol. The van der Waals surface area contributed by atoms with E-state index in [1.165, 1.54) is 27.7 Å². The SMILES string of the molecule is CC(C)C[C@H](C)[C@H](O)[C@H](C)C(=O)N[C@@H](C)C(=O)N[C@@H](CCCN=C(N)N)[C@@H](O)[C@@H](O)C(=O)N[C@H](C(=O)N[C@@H](C(=O)O)[C@@H](C)O)[C@@H](C)[C@@H](C)C(N)=O. The zero-order valence-corrected chi connectivity index (χ0v) is 30.7. The van der Waals surface area contributed by atoms with Gasteiger partial charge in [0.05, 0.1) is 24.2 Å². The third-order valence-corrected chi connectivity index (χ3v) is 8.79. The molecule has 0 heterocycles. The van der Waals surface area contributed by atoms with Crippen molar-refractivity contribution >= 4 is 41.5 Å². The number of carbonyl (C=O) groups excluding carboxylic acids is 5. The average Bonchev–Trinajstić information content (AvgIpc) is 3.03. The van der Waals surface area contributed by atoms with Gasteiger partial charge >= 0.3 is 5.97 Å². The van der Waals surface area contributed by atoms with Crippen molar-refractivity contribution in [3.05, 3.63) is 0 Å². The number of nitrogens with one attached hydrogen (secondary N) is 4. The molecule has 19 heteroatoms. The Bertz CT molecular complexity index is 1210. The second-order valence-electron chi connectivity index (χ2n) is 13.7. The van der Waals surface area contributed by atoms with Crippen LogP contribution < -0.4 is 38.5 Å². The third kappa shape index (κ3) is 15.8. The molecule has 51 heavy (non-hydrogen) atoms. The van der Waals surface area contributed by atoms with Crippen molar-refractivity contribution in [2.24, 2.45) is 51.8 Å². The predicted molar refractivity (Wildman–Crippen MR) is 186 cm³/mol. The number of aliphatic carboxylic acids is 1. The standard InChI is InChI=1S/C32H60N8O11/c1-13(2)12-14(3)23(42)17(6)27(46)37-18(7)28(47)38-20(10-9-11-36-32(34)35)24(43)25(44)30(49)39-21(15(4)16(5)26(33)45)29(48)40-22(19(8)41)31(50)51/h13-25,41-44H,9-12H2,1-8H3,(H2,33,45)(H,37,46)(H,38,47)(H,39,49)(H,40,48)(H,50,51)(H4,34,35,36)/t14-,15-,16+,17-,18-,19+,20-,21-,22+,23-,24+,25+/m0/s1. The fraction of sp³-hybridized carbons (Fsp3) is 0.781. The Balaban J connectivity index is 6.13. The Kier molecular flexibility index (Phi) is 20.2. The highest BCUT2D eigenvalue weighted by molar-refractivity contribution is 5.93. The molecule has 0 aliphatic rings. The molecule has 294 valence electrons. The first-order chi connectivity index (χ1) is 23.4. The van der Waals surface area contributed by atoms with Crippen molar-refractivity contribution in [2.45, 2.75) is 123 Å². The maximum atomic E-state index is 13.3. The van der Waals surface area contributed by atoms with Crippen LogP contribution in [0.2, 0.25) is 0 Å². The van der Waals surface area contributed by atoms with Gasteiger partial charge < -0.3 is 64.0 Å². The lowest BCUT2D eigenvalue weighted by molar-refractivity contribution is -0.147. The number of carboxylic acid groups (broad SMARTS) is 1. The molecular weight excluding hydrogens is 672 g/mol. The van der Waals surface area contributed by atoms with Gasteiger partial charge in [0.25, 0.3) is 5.91 Å². The Morgan fingerprint density at radius 2 is 1.22 bits per heavy atom. The van der Waals surface area contributed by atoms with E-state index in [0.717, 1.165) is 6.92 Å². The smallest absolute Gasteiger partial charge is 0.328 e. The Morgan fingerprint density at radius 3 is 1.69 bits per heavy atom. The van der Waals surface area contributed by atoms with Gasteiger partial charge in [-0.05, 0) is 50.9 Å². The van der Waals surface area contributed by atoms with E-state index in [1.807, 2.05) is 20.8 Å². The van der Waals surface area contributed by atoms with Crippen LogP contribution >= 0.6 is 0 Å². The minimum absolute atomic E-state index is 0.0404. The van der Waals surface area contributed by atoms with Crippen LogP contribution in [0.3, 0.4) is 0 Å². The molecule has 0 radical (unpaired) electrons. The van der Waals surface area contributed by atoms with Crippen LogP contribution in [0.1, 0.15) is 74.7 Å². The number of nitrogens with two attached hydrogens (primary N) is 3. The zero-order valence-electron chi connectivity index (χ0n) is 30.7. The minimum Gasteiger partial charge on any atom is -0.480 e. The van der Waals surface area contributed by atoms with E-state index in [1.54, 1.807) is 0 Å². The van der Waals surface area contributed by atoms with Gasteiger partial charge in [0.1, 0.15) is 18.2 Å². The summed E-state index contributed by atoms with van der Waals surface area (Å²) in [5.74, 6) is -9.47. The van der Waals surface area contributed by atoms with Crippen molar-refractivity contribution < 1.29 is 54.3 Å². The van der Waals surface area contributed by atoms with Gasteiger partial charge in [-0.15, -0.1) is 0 Å². The number of aliphatic imine (C=N–C) groups is 1. The Morgan fingerprint density at radius 1 is 0.667 bits per heavy atom. The van der Waals surface area contributed by atoms with Crippen molar-refractivity contribution in [2.75, 3.05) is 6.54 Å². The first-order valence-electron chi connectivity index (χ1n) is 17.0. The molecule has 0 aromatic heterocycles. The predicted octanol–water partition coefficient (Wildman–Crippen LogP) is -3.38. The van der Waals surface area contributed by atoms with Crippen molar-refractivity contribution in [1.29, 1.82) is 0 Å². The van der Waals surface area contributed by atoms with Gasteiger partial charge in [0.15, 0.2) is 18.1 Å². The van der Waals surface area contributed by atoms with Crippen LogP contribution in [0.5, 0.6) is 0 Å². The molecule has 0 saturated heterocycles. The molecule has 12 atom stereocenters. The van der Waals surface area contributed by atoms with Crippen LogP contribution in [0.15, 0.2) is 4.99 Å². The summed E-state index contributed by atoms with van der Waals surface area (Å²) >= 11 is 0. The highest BCUT2D eigenvalue weighted by Gasteiger charge is 2.40. The highest BCUT2D eigenvalue weighted by atomic mass is 16.4. The Hall–Kier alpha value is -4.07. The van der Waals surface area contributed by atoms with E-state index in [2.05, 4.69) is 26.3 Å². The highest BCUT2D eigenvalue weighted by Crippen LogP contribution is 2.21. The molecule has 0 aliphatic heterocycles. The lowest BCUT2D eigenvalue weighted by Gasteiger charge is -2.32. The summed E-state index contributed by atoms with van der Waals surface area (Å²) in [6.07, 6.45) is -6.16. The number of hydrogen-bond acceptors (Lipinski definition) is 11. The molecule has 0 unspecified atom stereocenters. The summed E-state index contributed by atoms with van der Waals surface area (Å²) in [7, 11) is 0. The lowest BCUT2D eigenvalue weighted by Crippen LogP contribution is -2.61. The molecule has 0 rings (SSSR count). The number of guanidine groups is 1. The lowest BCUT2D eigenvalue weighted by atomic mass is 9.87. The summed E-state index contributed by atoms with van der Waals surface area (Å²) in [5, 5.41) is 61.2. The van der Waals surface area contributed by atoms with Gasteiger partial charge in [-0.2, -0.15) is 0 Å². The number of carbonyl (C=O) groups is 6. The summed E-state index contributed by atoms with van der Waals surface area (Å²) < 4.78 is 0. The number of rotatable bonds is 23. The van der Waals surface area contributed by atoms with Crippen LogP contribution in [0.4, 0.5) is 0 Å². The van der Waals surface area contributed by atoms with Gasteiger partial charge in [-0.3, -0.25) is 29.0 Å². The number of nitrogens with zero attached hydrogens (tertiary/aromatic N) is 1. The summed E-state index contributed by atoms with van der Waals surface area (Å²) in [6, 6.07) is -6.02. The molecular formula is C32H60N8O11. The summed E-state index contributed by atoms with van der Waals surface area (Å²) in [5.41, 5.74) is 16.1. The normalized spacial score (nSPS) is 18.5.